The van der Waals surface area contributed by atoms with E-state index in [4.69, 9.17) is 21.3 Å². The number of ether oxygens (including phenoxy) is 2. The molecule has 4 unspecified atom stereocenters. The average Bonchev–Trinajstić information content (AvgIpc) is 2.70. The molecule has 0 bridgehead atoms. The lowest BCUT2D eigenvalue weighted by molar-refractivity contribution is -0.0443. The minimum atomic E-state index is -0.0483. The Labute approximate surface area is 154 Å². The smallest absolute Gasteiger partial charge is 0.0829 e. The molecule has 0 spiro atoms. The molecule has 0 saturated heterocycles. The molecule has 142 valence electrons. The molecule has 6 atom stereocenters. The zero-order valence-electron chi connectivity index (χ0n) is 16.6. The third kappa shape index (κ3) is 5.20. The molecule has 0 aromatic heterocycles. The lowest BCUT2D eigenvalue weighted by Crippen LogP contribution is -2.51. The molecule has 4 heteroatoms. The van der Waals surface area contributed by atoms with Crippen molar-refractivity contribution < 1.29 is 9.47 Å². The molecule has 1 aliphatic carbocycles. The molecule has 1 rings (SSSR count). The topological polar surface area (TPSA) is 21.7 Å². The zero-order chi connectivity index (χ0) is 18.3. The SMILES string of the molecule is C=C[C@@]1(C)C(OC)C(N(Cl)C(C)CCCC(C)OC)CCC[C@H]1C. The van der Waals surface area contributed by atoms with Crippen LogP contribution < -0.4 is 0 Å². The quantitative estimate of drug-likeness (QED) is 0.311. The van der Waals surface area contributed by atoms with Crippen LogP contribution in [0.1, 0.15) is 66.2 Å². The Morgan fingerprint density at radius 1 is 1.29 bits per heavy atom. The third-order valence-electron chi connectivity index (χ3n) is 6.23. The van der Waals surface area contributed by atoms with E-state index in [2.05, 4.69) is 40.3 Å². The van der Waals surface area contributed by atoms with Crippen LogP contribution in [0.5, 0.6) is 0 Å². The first-order chi connectivity index (χ1) is 11.3. The summed E-state index contributed by atoms with van der Waals surface area (Å²) in [5.74, 6) is 0.549. The largest absolute Gasteiger partial charge is 0.382 e. The molecule has 0 aliphatic heterocycles. The Kier molecular flexibility index (Phi) is 9.29. The first-order valence-corrected chi connectivity index (χ1v) is 9.78. The summed E-state index contributed by atoms with van der Waals surface area (Å²) < 4.78 is 13.3. The molecule has 24 heavy (non-hydrogen) atoms. The summed E-state index contributed by atoms with van der Waals surface area (Å²) in [6.45, 7) is 13.0. The lowest BCUT2D eigenvalue weighted by atomic mass is 9.71. The van der Waals surface area contributed by atoms with Gasteiger partial charge in [-0.1, -0.05) is 26.3 Å². The van der Waals surface area contributed by atoms with Crippen LogP contribution in [0.3, 0.4) is 0 Å². The molecule has 1 aliphatic rings. The van der Waals surface area contributed by atoms with Gasteiger partial charge in [0.15, 0.2) is 0 Å². The van der Waals surface area contributed by atoms with Gasteiger partial charge in [0.05, 0.1) is 18.2 Å². The third-order valence-corrected chi connectivity index (χ3v) is 6.81. The molecular formula is C20H38ClNO2. The average molecular weight is 360 g/mol. The van der Waals surface area contributed by atoms with E-state index in [1.54, 1.807) is 7.11 Å². The first kappa shape index (κ1) is 22.0. The predicted molar refractivity (Wildman–Crippen MR) is 103 cm³/mol. The normalized spacial score (nSPS) is 33.9. The number of rotatable bonds is 9. The van der Waals surface area contributed by atoms with Crippen LogP contribution in [0.25, 0.3) is 0 Å². The monoisotopic (exact) mass is 359 g/mol. The van der Waals surface area contributed by atoms with E-state index >= 15 is 0 Å². The van der Waals surface area contributed by atoms with Gasteiger partial charge in [-0.05, 0) is 63.6 Å². The highest BCUT2D eigenvalue weighted by molar-refractivity contribution is 6.13. The fourth-order valence-corrected chi connectivity index (χ4v) is 4.34. The fourth-order valence-electron chi connectivity index (χ4n) is 4.04. The molecule has 1 saturated carbocycles. The van der Waals surface area contributed by atoms with Crippen LogP contribution in [0.2, 0.25) is 0 Å². The molecule has 0 amide bonds. The first-order valence-electron chi connectivity index (χ1n) is 9.45. The van der Waals surface area contributed by atoms with Gasteiger partial charge in [0, 0.05) is 25.7 Å². The van der Waals surface area contributed by atoms with Crippen LogP contribution in [0.4, 0.5) is 0 Å². The summed E-state index contributed by atoms with van der Waals surface area (Å²) in [4.78, 5) is 0. The second kappa shape index (κ2) is 10.2. The molecule has 0 N–H and O–H groups in total. The Morgan fingerprint density at radius 3 is 2.50 bits per heavy atom. The second-order valence-electron chi connectivity index (χ2n) is 7.80. The van der Waals surface area contributed by atoms with Gasteiger partial charge in [-0.2, -0.15) is 0 Å². The van der Waals surface area contributed by atoms with Crippen LogP contribution >= 0.6 is 11.8 Å². The van der Waals surface area contributed by atoms with Crippen LogP contribution in [0, 0.1) is 11.3 Å². The molecule has 0 aromatic rings. The minimum absolute atomic E-state index is 0.0483. The maximum atomic E-state index is 6.83. The van der Waals surface area contributed by atoms with Crippen molar-refractivity contribution in [2.45, 2.75) is 90.5 Å². The second-order valence-corrected chi connectivity index (χ2v) is 8.19. The fraction of sp³-hybridized carbons (Fsp3) is 0.900. The van der Waals surface area contributed by atoms with Gasteiger partial charge in [0.25, 0.3) is 0 Å². The Hall–Kier alpha value is -0.0900. The Bertz CT molecular complexity index is 379. The van der Waals surface area contributed by atoms with Crippen molar-refractivity contribution in [2.75, 3.05) is 14.2 Å². The summed E-state index contributed by atoms with van der Waals surface area (Å²) in [5.41, 5.74) is -0.0483. The van der Waals surface area contributed by atoms with E-state index in [0.717, 1.165) is 25.7 Å². The van der Waals surface area contributed by atoms with Crippen LogP contribution in [-0.4, -0.2) is 42.9 Å². The zero-order valence-corrected chi connectivity index (χ0v) is 17.3. The number of hydrogen-bond acceptors (Lipinski definition) is 3. The molecule has 1 fully saturated rings. The van der Waals surface area contributed by atoms with Gasteiger partial charge in [-0.25, -0.2) is 4.42 Å². The van der Waals surface area contributed by atoms with Crippen molar-refractivity contribution in [1.82, 2.24) is 4.42 Å². The van der Waals surface area contributed by atoms with Crippen molar-refractivity contribution in [3.05, 3.63) is 12.7 Å². The Morgan fingerprint density at radius 2 is 1.96 bits per heavy atom. The van der Waals surface area contributed by atoms with E-state index in [-0.39, 0.29) is 17.6 Å². The number of halogens is 1. The summed E-state index contributed by atoms with van der Waals surface area (Å²) in [7, 11) is 3.58. The van der Waals surface area contributed by atoms with Crippen LogP contribution in [-0.2, 0) is 9.47 Å². The van der Waals surface area contributed by atoms with Gasteiger partial charge in [0.1, 0.15) is 0 Å². The highest BCUT2D eigenvalue weighted by Crippen LogP contribution is 2.44. The summed E-state index contributed by atoms with van der Waals surface area (Å²) in [6.07, 6.45) is 9.21. The molecule has 0 aromatic carbocycles. The van der Waals surface area contributed by atoms with Crippen molar-refractivity contribution in [2.24, 2.45) is 11.3 Å². The maximum absolute atomic E-state index is 6.83. The predicted octanol–water partition coefficient (Wildman–Crippen LogP) is 5.43. The van der Waals surface area contributed by atoms with E-state index in [1.807, 2.05) is 11.5 Å². The minimum Gasteiger partial charge on any atom is -0.382 e. The maximum Gasteiger partial charge on any atom is 0.0829 e. The van der Waals surface area contributed by atoms with Gasteiger partial charge in [-0.3, -0.25) is 0 Å². The van der Waals surface area contributed by atoms with Crippen molar-refractivity contribution >= 4 is 11.8 Å². The number of methoxy groups -OCH3 is 2. The van der Waals surface area contributed by atoms with Crippen molar-refractivity contribution in [1.29, 1.82) is 0 Å². The van der Waals surface area contributed by atoms with Crippen molar-refractivity contribution in [3.8, 4) is 0 Å². The summed E-state index contributed by atoms with van der Waals surface area (Å²) in [6, 6.07) is 0.542. The van der Waals surface area contributed by atoms with E-state index in [1.165, 1.54) is 12.8 Å². The Balaban J connectivity index is 2.78. The van der Waals surface area contributed by atoms with Gasteiger partial charge in [-0.15, -0.1) is 6.58 Å². The molecular weight excluding hydrogens is 322 g/mol. The van der Waals surface area contributed by atoms with E-state index in [0.29, 0.717) is 18.1 Å². The number of nitrogens with zero attached hydrogens (tertiary/aromatic N) is 1. The summed E-state index contributed by atoms with van der Waals surface area (Å²) in [5, 5.41) is 0. The lowest BCUT2D eigenvalue weighted by Gasteiger charge is -2.44. The van der Waals surface area contributed by atoms with E-state index < -0.39 is 0 Å². The van der Waals surface area contributed by atoms with Gasteiger partial charge >= 0.3 is 0 Å². The molecule has 0 radical (unpaired) electrons. The molecule has 3 nitrogen and oxygen atoms in total. The number of hydrogen-bond donors (Lipinski definition) is 0. The standard InChI is InChI=1S/C20H38ClNO2/c1-8-20(5)15(2)11-9-14-18(19(20)24-7)22(21)16(3)12-10-13-17(4)23-6/h8,15-19H,1,9-14H2,2-7H3/t15-,16?,17?,18?,19?,20-/m1/s1. The van der Waals surface area contributed by atoms with Crippen LogP contribution in [0.15, 0.2) is 12.7 Å². The van der Waals surface area contributed by atoms with Gasteiger partial charge < -0.3 is 9.47 Å². The summed E-state index contributed by atoms with van der Waals surface area (Å²) >= 11 is 6.83. The highest BCUT2D eigenvalue weighted by Gasteiger charge is 2.45. The van der Waals surface area contributed by atoms with Gasteiger partial charge in [0.2, 0.25) is 0 Å². The van der Waals surface area contributed by atoms with Crippen molar-refractivity contribution in [3.63, 3.8) is 0 Å². The van der Waals surface area contributed by atoms with E-state index in [9.17, 15) is 0 Å². The molecule has 0 heterocycles. The highest BCUT2D eigenvalue weighted by atomic mass is 35.5.